The lowest BCUT2D eigenvalue weighted by Crippen LogP contribution is -1.95. The monoisotopic (exact) mass is 261 g/mol. The highest BCUT2D eigenvalue weighted by molar-refractivity contribution is 6.17. The van der Waals surface area contributed by atoms with E-state index in [0.29, 0.717) is 11.8 Å². The van der Waals surface area contributed by atoms with Crippen molar-refractivity contribution in [3.8, 4) is 11.6 Å². The minimum absolute atomic E-state index is 0.472. The third-order valence-corrected chi connectivity index (χ3v) is 3.11. The second-order valence-electron chi connectivity index (χ2n) is 4.16. The summed E-state index contributed by atoms with van der Waals surface area (Å²) in [6, 6.07) is 10.0. The molecule has 0 spiro atoms. The van der Waals surface area contributed by atoms with E-state index in [1.165, 1.54) is 5.56 Å². The second-order valence-corrected chi connectivity index (χ2v) is 4.43. The summed E-state index contributed by atoms with van der Waals surface area (Å²) in [6.45, 7) is 4.09. The minimum atomic E-state index is 0.472. The third-order valence-electron chi connectivity index (χ3n) is 2.80. The topological polar surface area (TPSA) is 22.1 Å². The smallest absolute Gasteiger partial charge is 0.222 e. The van der Waals surface area contributed by atoms with Gasteiger partial charge in [0, 0.05) is 17.6 Å². The van der Waals surface area contributed by atoms with E-state index < -0.39 is 0 Å². The molecule has 0 saturated carbocycles. The van der Waals surface area contributed by atoms with Gasteiger partial charge in [0.15, 0.2) is 0 Å². The summed E-state index contributed by atoms with van der Waals surface area (Å²) in [5.41, 5.74) is 3.18. The molecule has 3 heteroatoms. The number of ether oxygens (including phenoxy) is 1. The number of benzene rings is 1. The summed E-state index contributed by atoms with van der Waals surface area (Å²) in [7, 11) is 0. The molecule has 0 saturated heterocycles. The minimum Gasteiger partial charge on any atom is -0.438 e. The Bertz CT molecular complexity index is 540. The van der Waals surface area contributed by atoms with Crippen LogP contribution in [0.1, 0.15) is 23.6 Å². The van der Waals surface area contributed by atoms with E-state index in [1.54, 1.807) is 6.20 Å². The van der Waals surface area contributed by atoms with Gasteiger partial charge in [-0.25, -0.2) is 4.98 Å². The van der Waals surface area contributed by atoms with Gasteiger partial charge in [-0.15, -0.1) is 11.6 Å². The van der Waals surface area contributed by atoms with E-state index in [9.17, 15) is 0 Å². The lowest BCUT2D eigenvalue weighted by molar-refractivity contribution is 0.453. The van der Waals surface area contributed by atoms with Crippen molar-refractivity contribution < 1.29 is 4.74 Å². The van der Waals surface area contributed by atoms with Crippen LogP contribution >= 0.6 is 11.6 Å². The van der Waals surface area contributed by atoms with Crippen molar-refractivity contribution in [2.45, 2.75) is 26.1 Å². The molecule has 94 valence electrons. The molecule has 2 aromatic rings. The Hall–Kier alpha value is -1.54. The molecule has 0 aliphatic heterocycles. The maximum Gasteiger partial charge on any atom is 0.222 e. The standard InChI is InChI=1S/C15H16ClNO/c1-3-13-6-4-5-7-14(13)18-15-11(2)8-12(9-16)10-17-15/h4-8,10H,3,9H2,1-2H3. The summed E-state index contributed by atoms with van der Waals surface area (Å²) in [5, 5.41) is 0. The molecule has 0 unspecified atom stereocenters. The van der Waals surface area contributed by atoms with Crippen LogP contribution in [0.25, 0.3) is 0 Å². The molecular weight excluding hydrogens is 246 g/mol. The summed E-state index contributed by atoms with van der Waals surface area (Å²) in [5.74, 6) is 1.98. The van der Waals surface area contributed by atoms with E-state index in [1.807, 2.05) is 31.2 Å². The van der Waals surface area contributed by atoms with Crippen LogP contribution in [0.2, 0.25) is 0 Å². The number of rotatable bonds is 4. The van der Waals surface area contributed by atoms with Crippen molar-refractivity contribution in [1.82, 2.24) is 4.98 Å². The number of hydrogen-bond acceptors (Lipinski definition) is 2. The SMILES string of the molecule is CCc1ccccc1Oc1ncc(CCl)cc1C. The maximum atomic E-state index is 5.88. The molecule has 0 aliphatic carbocycles. The molecule has 0 amide bonds. The van der Waals surface area contributed by atoms with Crippen molar-refractivity contribution in [2.75, 3.05) is 0 Å². The van der Waals surface area contributed by atoms with Gasteiger partial charge in [0.1, 0.15) is 5.75 Å². The summed E-state index contributed by atoms with van der Waals surface area (Å²) < 4.78 is 5.88. The Balaban J connectivity index is 2.28. The van der Waals surface area contributed by atoms with Gasteiger partial charge < -0.3 is 4.74 Å². The van der Waals surface area contributed by atoms with E-state index >= 15 is 0 Å². The fraction of sp³-hybridized carbons (Fsp3) is 0.267. The number of pyridine rings is 1. The first-order chi connectivity index (χ1) is 8.74. The molecule has 0 radical (unpaired) electrons. The van der Waals surface area contributed by atoms with Crippen LogP contribution in [0.4, 0.5) is 0 Å². The van der Waals surface area contributed by atoms with E-state index in [-0.39, 0.29) is 0 Å². The highest BCUT2D eigenvalue weighted by Crippen LogP contribution is 2.26. The van der Waals surface area contributed by atoms with Crippen molar-refractivity contribution in [3.63, 3.8) is 0 Å². The summed E-state index contributed by atoms with van der Waals surface area (Å²) >= 11 is 5.78. The molecule has 0 fully saturated rings. The average molecular weight is 262 g/mol. The zero-order valence-electron chi connectivity index (χ0n) is 10.6. The third kappa shape index (κ3) is 2.82. The fourth-order valence-corrected chi connectivity index (χ4v) is 1.95. The Morgan fingerprint density at radius 3 is 2.72 bits per heavy atom. The Morgan fingerprint density at radius 2 is 2.06 bits per heavy atom. The molecule has 1 aromatic heterocycles. The zero-order valence-corrected chi connectivity index (χ0v) is 11.4. The maximum absolute atomic E-state index is 5.88. The van der Waals surface area contributed by atoms with Gasteiger partial charge >= 0.3 is 0 Å². The van der Waals surface area contributed by atoms with Crippen molar-refractivity contribution in [2.24, 2.45) is 0 Å². The molecule has 2 nitrogen and oxygen atoms in total. The van der Waals surface area contributed by atoms with E-state index in [0.717, 1.165) is 23.3 Å². The second kappa shape index (κ2) is 5.87. The summed E-state index contributed by atoms with van der Waals surface area (Å²) in [4.78, 5) is 4.31. The van der Waals surface area contributed by atoms with Crippen LogP contribution < -0.4 is 4.74 Å². The first kappa shape index (κ1) is 12.9. The Morgan fingerprint density at radius 1 is 1.28 bits per heavy atom. The van der Waals surface area contributed by atoms with Crippen molar-refractivity contribution in [3.05, 3.63) is 53.2 Å². The predicted molar refractivity (Wildman–Crippen MR) is 74.4 cm³/mol. The molecule has 1 heterocycles. The van der Waals surface area contributed by atoms with Crippen molar-refractivity contribution >= 4 is 11.6 Å². The molecule has 0 atom stereocenters. The molecule has 2 rings (SSSR count). The number of nitrogens with zero attached hydrogens (tertiary/aromatic N) is 1. The fourth-order valence-electron chi connectivity index (χ4n) is 1.80. The van der Waals surface area contributed by atoms with Crippen LogP contribution in [-0.2, 0) is 12.3 Å². The quantitative estimate of drug-likeness (QED) is 0.757. The average Bonchev–Trinajstić information content (AvgIpc) is 2.41. The normalized spacial score (nSPS) is 10.4. The molecular formula is C15H16ClNO. The van der Waals surface area contributed by atoms with Gasteiger partial charge in [0.05, 0.1) is 0 Å². The molecule has 0 aliphatic rings. The lowest BCUT2D eigenvalue weighted by Gasteiger charge is -2.11. The molecule has 1 aromatic carbocycles. The van der Waals surface area contributed by atoms with Crippen LogP contribution in [0.3, 0.4) is 0 Å². The first-order valence-electron chi connectivity index (χ1n) is 6.01. The first-order valence-corrected chi connectivity index (χ1v) is 6.55. The van der Waals surface area contributed by atoms with Gasteiger partial charge in [-0.3, -0.25) is 0 Å². The summed E-state index contributed by atoms with van der Waals surface area (Å²) in [6.07, 6.45) is 2.69. The number of alkyl halides is 1. The number of aryl methyl sites for hydroxylation is 2. The number of hydrogen-bond donors (Lipinski definition) is 0. The number of para-hydroxylation sites is 1. The van der Waals surface area contributed by atoms with Gasteiger partial charge in [0.2, 0.25) is 5.88 Å². The number of halogens is 1. The largest absolute Gasteiger partial charge is 0.438 e. The van der Waals surface area contributed by atoms with E-state index in [2.05, 4.69) is 18.0 Å². The van der Waals surface area contributed by atoms with Gasteiger partial charge in [-0.2, -0.15) is 0 Å². The van der Waals surface area contributed by atoms with E-state index in [4.69, 9.17) is 16.3 Å². The number of aromatic nitrogens is 1. The lowest BCUT2D eigenvalue weighted by atomic mass is 10.1. The van der Waals surface area contributed by atoms with Crippen LogP contribution in [0, 0.1) is 6.92 Å². The zero-order chi connectivity index (χ0) is 13.0. The Labute approximate surface area is 113 Å². The van der Waals surface area contributed by atoms with Crippen LogP contribution in [-0.4, -0.2) is 4.98 Å². The Kier molecular flexibility index (Phi) is 4.21. The predicted octanol–water partition coefficient (Wildman–Crippen LogP) is 4.48. The molecule has 0 bridgehead atoms. The highest BCUT2D eigenvalue weighted by atomic mass is 35.5. The van der Waals surface area contributed by atoms with Gasteiger partial charge in [0.25, 0.3) is 0 Å². The van der Waals surface area contributed by atoms with Crippen molar-refractivity contribution in [1.29, 1.82) is 0 Å². The van der Waals surface area contributed by atoms with Gasteiger partial charge in [-0.1, -0.05) is 25.1 Å². The van der Waals surface area contributed by atoms with Crippen LogP contribution in [0.5, 0.6) is 11.6 Å². The van der Waals surface area contributed by atoms with Crippen LogP contribution in [0.15, 0.2) is 36.5 Å². The highest BCUT2D eigenvalue weighted by Gasteiger charge is 2.07. The van der Waals surface area contributed by atoms with Gasteiger partial charge in [-0.05, 0) is 36.6 Å². The molecule has 0 N–H and O–H groups in total. The molecule has 18 heavy (non-hydrogen) atoms.